The zero-order chi connectivity index (χ0) is 15.3. The van der Waals surface area contributed by atoms with E-state index in [0.717, 1.165) is 16.4 Å². The summed E-state index contributed by atoms with van der Waals surface area (Å²) >= 11 is 0. The monoisotopic (exact) mass is 300 g/mol. The smallest absolute Gasteiger partial charge is 0.258 e. The molecule has 6 nitrogen and oxygen atoms in total. The first-order chi connectivity index (χ1) is 9.34. The average molecular weight is 300 g/mol. The predicted molar refractivity (Wildman–Crippen MR) is 70.9 cm³/mol. The van der Waals surface area contributed by atoms with Crippen LogP contribution in [0, 0.1) is 28.3 Å². The Hall–Kier alpha value is -1.98. The summed E-state index contributed by atoms with van der Waals surface area (Å²) in [4.78, 5) is 9.09. The third-order valence-corrected chi connectivity index (χ3v) is 4.36. The third kappa shape index (κ3) is 3.31. The Labute approximate surface area is 116 Å². The number of rotatable bonds is 6. The summed E-state index contributed by atoms with van der Waals surface area (Å²) in [6, 6.07) is 2.39. The highest BCUT2D eigenvalue weighted by atomic mass is 32.2. The van der Waals surface area contributed by atoms with Crippen LogP contribution in [-0.4, -0.2) is 30.7 Å². The molecule has 0 fully saturated rings. The maximum atomic E-state index is 13.8. The molecule has 0 heterocycles. The van der Waals surface area contributed by atoms with E-state index in [1.165, 1.54) is 0 Å². The van der Waals surface area contributed by atoms with Crippen LogP contribution in [0.3, 0.4) is 0 Å². The number of hydrogen-bond acceptors (Lipinski definition) is 4. The Morgan fingerprint density at radius 3 is 2.60 bits per heavy atom. The van der Waals surface area contributed by atoms with Crippen molar-refractivity contribution in [2.24, 2.45) is 0 Å². The molecule has 1 rings (SSSR count). The minimum Gasteiger partial charge on any atom is -0.258 e. The summed E-state index contributed by atoms with van der Waals surface area (Å²) in [6.45, 7) is 1.71. The van der Waals surface area contributed by atoms with Gasteiger partial charge in [-0.15, -0.1) is 6.42 Å². The number of benzene rings is 1. The summed E-state index contributed by atoms with van der Waals surface area (Å²) in [6.07, 6.45) is 5.61. The zero-order valence-electron chi connectivity index (χ0n) is 10.7. The molecule has 0 bridgehead atoms. The van der Waals surface area contributed by atoms with Gasteiger partial charge in [-0.1, -0.05) is 12.8 Å². The Bertz CT molecular complexity index is 652. The second-order valence-electron chi connectivity index (χ2n) is 3.91. The fourth-order valence-corrected chi connectivity index (χ4v) is 3.08. The van der Waals surface area contributed by atoms with Crippen LogP contribution in [0.15, 0.2) is 23.1 Å². The molecule has 0 aliphatic heterocycles. The average Bonchev–Trinajstić information content (AvgIpc) is 2.37. The lowest BCUT2D eigenvalue weighted by Crippen LogP contribution is -2.32. The third-order valence-electron chi connectivity index (χ3n) is 2.48. The van der Waals surface area contributed by atoms with Gasteiger partial charge in [-0.25, -0.2) is 12.8 Å². The molecule has 0 N–H and O–H groups in total. The SMILES string of the molecule is C#CCN(CCC)S(=O)(=O)c1ccc([N+](=O)[O-])cc1F. The van der Waals surface area contributed by atoms with Gasteiger partial charge in [0.1, 0.15) is 10.7 Å². The van der Waals surface area contributed by atoms with Crippen LogP contribution < -0.4 is 0 Å². The second-order valence-corrected chi connectivity index (χ2v) is 5.82. The van der Waals surface area contributed by atoms with Crippen LogP contribution >= 0.6 is 0 Å². The molecule has 0 radical (unpaired) electrons. The summed E-state index contributed by atoms with van der Waals surface area (Å²) in [5, 5.41) is 10.5. The van der Waals surface area contributed by atoms with Crippen molar-refractivity contribution in [2.45, 2.75) is 18.2 Å². The first kappa shape index (κ1) is 16.1. The van der Waals surface area contributed by atoms with E-state index in [2.05, 4.69) is 5.92 Å². The quantitative estimate of drug-likeness (QED) is 0.455. The molecule has 1 aromatic rings. The fraction of sp³-hybridized carbons (Fsp3) is 0.333. The molecular formula is C12H13FN2O4S. The topological polar surface area (TPSA) is 80.5 Å². The van der Waals surface area contributed by atoms with Crippen LogP contribution in [-0.2, 0) is 10.0 Å². The van der Waals surface area contributed by atoms with Crippen molar-refractivity contribution in [3.63, 3.8) is 0 Å². The lowest BCUT2D eigenvalue weighted by molar-refractivity contribution is -0.385. The second kappa shape index (κ2) is 6.45. The number of sulfonamides is 1. The molecule has 20 heavy (non-hydrogen) atoms. The van der Waals surface area contributed by atoms with Crippen molar-refractivity contribution in [2.75, 3.05) is 13.1 Å². The molecule has 0 aromatic heterocycles. The number of nitrogens with zero attached hydrogens (tertiary/aromatic N) is 2. The molecule has 8 heteroatoms. The number of nitro groups is 1. The van der Waals surface area contributed by atoms with Gasteiger partial charge in [-0.3, -0.25) is 10.1 Å². The predicted octanol–water partition coefficient (Wildman–Crippen LogP) is 1.77. The first-order valence-corrected chi connectivity index (χ1v) is 7.16. The highest BCUT2D eigenvalue weighted by Gasteiger charge is 2.27. The van der Waals surface area contributed by atoms with E-state index in [1.54, 1.807) is 6.92 Å². The molecule has 0 saturated heterocycles. The van der Waals surface area contributed by atoms with E-state index in [-0.39, 0.29) is 13.1 Å². The van der Waals surface area contributed by atoms with Crippen molar-refractivity contribution >= 4 is 15.7 Å². The highest BCUT2D eigenvalue weighted by Crippen LogP contribution is 2.23. The van der Waals surface area contributed by atoms with E-state index < -0.39 is 31.3 Å². The van der Waals surface area contributed by atoms with Crippen molar-refractivity contribution in [3.05, 3.63) is 34.1 Å². The summed E-state index contributed by atoms with van der Waals surface area (Å²) in [7, 11) is -4.11. The molecule has 0 unspecified atom stereocenters. The lowest BCUT2D eigenvalue weighted by Gasteiger charge is -2.19. The van der Waals surface area contributed by atoms with E-state index in [4.69, 9.17) is 6.42 Å². The molecule has 0 aliphatic rings. The molecule has 0 atom stereocenters. The van der Waals surface area contributed by atoms with Gasteiger partial charge in [0.2, 0.25) is 10.0 Å². The van der Waals surface area contributed by atoms with Crippen molar-refractivity contribution in [1.29, 1.82) is 0 Å². The number of halogens is 1. The van der Waals surface area contributed by atoms with Crippen molar-refractivity contribution < 1.29 is 17.7 Å². The molecular weight excluding hydrogens is 287 g/mol. The highest BCUT2D eigenvalue weighted by molar-refractivity contribution is 7.89. The van der Waals surface area contributed by atoms with Crippen molar-refractivity contribution in [3.8, 4) is 12.3 Å². The van der Waals surface area contributed by atoms with E-state index >= 15 is 0 Å². The molecule has 0 saturated carbocycles. The summed E-state index contributed by atoms with van der Waals surface area (Å²) < 4.78 is 39.2. The molecule has 1 aromatic carbocycles. The molecule has 0 amide bonds. The van der Waals surface area contributed by atoms with E-state index in [1.807, 2.05) is 0 Å². The zero-order valence-corrected chi connectivity index (χ0v) is 11.6. The normalized spacial score (nSPS) is 11.3. The Morgan fingerprint density at radius 1 is 1.50 bits per heavy atom. The van der Waals surface area contributed by atoms with E-state index in [9.17, 15) is 22.9 Å². The van der Waals surface area contributed by atoms with Gasteiger partial charge >= 0.3 is 0 Å². The van der Waals surface area contributed by atoms with E-state index in [0.29, 0.717) is 12.5 Å². The van der Waals surface area contributed by atoms with Crippen LogP contribution in [0.2, 0.25) is 0 Å². The Morgan fingerprint density at radius 2 is 2.15 bits per heavy atom. The minimum absolute atomic E-state index is 0.142. The van der Waals surface area contributed by atoms with Gasteiger partial charge in [0.15, 0.2) is 0 Å². The number of nitro benzene ring substituents is 1. The van der Waals surface area contributed by atoms with Gasteiger partial charge in [-0.2, -0.15) is 4.31 Å². The van der Waals surface area contributed by atoms with Gasteiger partial charge in [0.05, 0.1) is 17.5 Å². The number of non-ortho nitro benzene ring substituents is 1. The number of hydrogen-bond donors (Lipinski definition) is 0. The first-order valence-electron chi connectivity index (χ1n) is 5.72. The largest absolute Gasteiger partial charge is 0.272 e. The van der Waals surface area contributed by atoms with Gasteiger partial charge < -0.3 is 0 Å². The van der Waals surface area contributed by atoms with Crippen LogP contribution in [0.1, 0.15) is 13.3 Å². The lowest BCUT2D eigenvalue weighted by atomic mass is 10.3. The van der Waals surface area contributed by atoms with Crippen LogP contribution in [0.4, 0.5) is 10.1 Å². The summed E-state index contributed by atoms with van der Waals surface area (Å²) in [5.74, 6) is 1.02. The fourth-order valence-electron chi connectivity index (χ4n) is 1.59. The maximum absolute atomic E-state index is 13.8. The Kier molecular flexibility index (Phi) is 5.19. The maximum Gasteiger partial charge on any atom is 0.272 e. The van der Waals surface area contributed by atoms with Gasteiger partial charge in [0.25, 0.3) is 5.69 Å². The van der Waals surface area contributed by atoms with Gasteiger partial charge in [0, 0.05) is 12.6 Å². The Balaban J connectivity index is 3.27. The standard InChI is InChI=1S/C12H13FN2O4S/c1-3-7-14(8-4-2)20(18,19)12-6-5-10(15(16)17)9-11(12)13/h1,5-6,9H,4,7-8H2,2H3. The van der Waals surface area contributed by atoms with Crippen molar-refractivity contribution in [1.82, 2.24) is 4.31 Å². The summed E-state index contributed by atoms with van der Waals surface area (Å²) in [5.41, 5.74) is -0.513. The molecule has 0 aliphatic carbocycles. The molecule has 0 spiro atoms. The minimum atomic E-state index is -4.11. The van der Waals surface area contributed by atoms with Crippen LogP contribution in [0.25, 0.3) is 0 Å². The molecule has 108 valence electrons. The van der Waals surface area contributed by atoms with Gasteiger partial charge in [-0.05, 0) is 12.5 Å². The number of terminal acetylenes is 1. The van der Waals surface area contributed by atoms with Crippen LogP contribution in [0.5, 0.6) is 0 Å².